The molecule has 0 saturated heterocycles. The Labute approximate surface area is 183 Å². The summed E-state index contributed by atoms with van der Waals surface area (Å²) in [5.41, 5.74) is 5.42. The molecule has 2 amide bonds. The van der Waals surface area contributed by atoms with E-state index in [-0.39, 0.29) is 30.2 Å². The van der Waals surface area contributed by atoms with Crippen molar-refractivity contribution in [1.29, 1.82) is 0 Å². The van der Waals surface area contributed by atoms with Crippen LogP contribution in [0.2, 0.25) is 0 Å². The minimum absolute atomic E-state index is 0.128. The van der Waals surface area contributed by atoms with Gasteiger partial charge >= 0.3 is 0 Å². The number of para-hydroxylation sites is 1. The average Bonchev–Trinajstić information content (AvgIpc) is 3.34. The number of amides is 2. The Morgan fingerprint density at radius 2 is 1.78 bits per heavy atom. The molecule has 2 aliphatic heterocycles. The zero-order valence-electron chi connectivity index (χ0n) is 17.1. The van der Waals surface area contributed by atoms with Gasteiger partial charge in [0.2, 0.25) is 5.91 Å². The maximum Gasteiger partial charge on any atom is 0.255 e. The van der Waals surface area contributed by atoms with Crippen molar-refractivity contribution < 1.29 is 14.0 Å². The third-order valence-corrected chi connectivity index (χ3v) is 6.53. The van der Waals surface area contributed by atoms with Crippen LogP contribution in [0.3, 0.4) is 0 Å². The van der Waals surface area contributed by atoms with Crippen molar-refractivity contribution in [3.05, 3.63) is 107 Å². The molecular formula is C26H20FN3O2. The van der Waals surface area contributed by atoms with Gasteiger partial charge in [0.25, 0.3) is 5.91 Å². The number of fused-ring (bicyclic) bond motifs is 7. The van der Waals surface area contributed by atoms with Gasteiger partial charge in [-0.3, -0.25) is 9.59 Å². The van der Waals surface area contributed by atoms with Crippen molar-refractivity contribution in [1.82, 2.24) is 15.2 Å². The monoisotopic (exact) mass is 425 g/mol. The lowest BCUT2D eigenvalue weighted by Crippen LogP contribution is -2.52. The molecule has 0 aliphatic carbocycles. The van der Waals surface area contributed by atoms with Crippen LogP contribution in [0, 0.1) is 5.82 Å². The van der Waals surface area contributed by atoms with Crippen LogP contribution in [0.4, 0.5) is 4.39 Å². The molecule has 0 spiro atoms. The molecule has 2 aliphatic rings. The molecule has 0 bridgehead atoms. The normalized spacial score (nSPS) is 18.9. The van der Waals surface area contributed by atoms with Gasteiger partial charge in [-0.05, 0) is 41.0 Å². The van der Waals surface area contributed by atoms with E-state index >= 15 is 0 Å². The molecule has 0 saturated carbocycles. The molecule has 0 fully saturated rings. The van der Waals surface area contributed by atoms with Gasteiger partial charge in [-0.25, -0.2) is 4.39 Å². The van der Waals surface area contributed by atoms with Crippen molar-refractivity contribution in [2.45, 2.75) is 25.0 Å². The Balaban J connectivity index is 1.41. The maximum atomic E-state index is 13.4. The third-order valence-electron chi connectivity index (χ3n) is 6.53. The van der Waals surface area contributed by atoms with Crippen LogP contribution in [-0.4, -0.2) is 27.7 Å². The highest BCUT2D eigenvalue weighted by molar-refractivity contribution is 6.03. The second-order valence-corrected chi connectivity index (χ2v) is 8.33. The van der Waals surface area contributed by atoms with Gasteiger partial charge in [0, 0.05) is 35.1 Å². The minimum Gasteiger partial charge on any atom is -0.356 e. The van der Waals surface area contributed by atoms with Crippen LogP contribution >= 0.6 is 0 Å². The van der Waals surface area contributed by atoms with E-state index in [1.807, 2.05) is 42.5 Å². The first-order chi connectivity index (χ1) is 15.6. The van der Waals surface area contributed by atoms with Gasteiger partial charge in [-0.2, -0.15) is 0 Å². The number of hydrogen-bond acceptors (Lipinski definition) is 2. The topological polar surface area (TPSA) is 65.2 Å². The molecule has 6 heteroatoms. The van der Waals surface area contributed by atoms with Gasteiger partial charge < -0.3 is 15.2 Å². The fraction of sp³-hybridized carbons (Fsp3) is 0.154. The van der Waals surface area contributed by atoms with E-state index in [1.165, 1.54) is 12.1 Å². The van der Waals surface area contributed by atoms with Crippen LogP contribution in [0.5, 0.6) is 0 Å². The summed E-state index contributed by atoms with van der Waals surface area (Å²) in [6.07, 6.45) is 0.435. The van der Waals surface area contributed by atoms with Gasteiger partial charge in [0.05, 0.1) is 6.04 Å². The number of H-pyrrole nitrogens is 1. The average molecular weight is 425 g/mol. The number of nitrogens with zero attached hydrogens (tertiary/aromatic N) is 1. The number of rotatable bonds is 3. The lowest BCUT2D eigenvalue weighted by atomic mass is 9.90. The van der Waals surface area contributed by atoms with E-state index in [1.54, 1.807) is 17.0 Å². The second-order valence-electron chi connectivity index (χ2n) is 8.33. The molecule has 1 unspecified atom stereocenters. The van der Waals surface area contributed by atoms with E-state index in [0.717, 1.165) is 33.3 Å². The molecule has 0 radical (unpaired) electrons. The summed E-state index contributed by atoms with van der Waals surface area (Å²) in [6.45, 7) is 0.274. The standard InChI is InChI=1S/C26H20FN3O2/c27-16-11-9-15(10-12-16)14-28-25(31)22-13-20-17-5-3-4-8-21(17)29-23(20)24-18-6-1-2-7-19(18)26(32)30(22)24/h1-12,22,24,29H,13-14H2,(H,28,31)/t22-,24?/m0/s1. The number of aromatic amines is 1. The zero-order valence-corrected chi connectivity index (χ0v) is 17.1. The Bertz CT molecular complexity index is 1380. The van der Waals surface area contributed by atoms with Gasteiger partial charge in [0.15, 0.2) is 0 Å². The molecular weight excluding hydrogens is 405 g/mol. The summed E-state index contributed by atoms with van der Waals surface area (Å²) in [5.74, 6) is -0.657. The van der Waals surface area contributed by atoms with Crippen LogP contribution in [0.15, 0.2) is 72.8 Å². The highest BCUT2D eigenvalue weighted by atomic mass is 19.1. The highest BCUT2D eigenvalue weighted by Crippen LogP contribution is 2.46. The van der Waals surface area contributed by atoms with Gasteiger partial charge in [-0.1, -0.05) is 48.5 Å². The minimum atomic E-state index is -0.632. The smallest absolute Gasteiger partial charge is 0.255 e. The number of hydrogen-bond donors (Lipinski definition) is 2. The summed E-state index contributed by atoms with van der Waals surface area (Å²) in [4.78, 5) is 32.0. The summed E-state index contributed by atoms with van der Waals surface area (Å²) in [7, 11) is 0. The largest absolute Gasteiger partial charge is 0.356 e. The molecule has 6 rings (SSSR count). The van der Waals surface area contributed by atoms with Gasteiger partial charge in [0.1, 0.15) is 11.9 Å². The van der Waals surface area contributed by atoms with Crippen molar-refractivity contribution in [2.24, 2.45) is 0 Å². The summed E-state index contributed by atoms with van der Waals surface area (Å²) in [6, 6.07) is 20.7. The molecule has 4 aromatic rings. The lowest BCUT2D eigenvalue weighted by Gasteiger charge is -2.37. The number of halogens is 1. The van der Waals surface area contributed by atoms with E-state index < -0.39 is 6.04 Å². The van der Waals surface area contributed by atoms with Crippen LogP contribution < -0.4 is 5.32 Å². The maximum absolute atomic E-state index is 13.4. The van der Waals surface area contributed by atoms with Crippen molar-refractivity contribution in [3.8, 4) is 0 Å². The van der Waals surface area contributed by atoms with Crippen LogP contribution in [0.1, 0.15) is 38.8 Å². The second kappa shape index (κ2) is 7.05. The number of carbonyl (C=O) groups is 2. The molecule has 3 heterocycles. The quantitative estimate of drug-likeness (QED) is 0.519. The summed E-state index contributed by atoms with van der Waals surface area (Å²) in [5, 5.41) is 4.03. The number of nitrogens with one attached hydrogen (secondary N) is 2. The first-order valence-electron chi connectivity index (χ1n) is 10.6. The van der Waals surface area contributed by atoms with Crippen molar-refractivity contribution >= 4 is 22.7 Å². The predicted molar refractivity (Wildman–Crippen MR) is 118 cm³/mol. The van der Waals surface area contributed by atoms with Gasteiger partial charge in [-0.15, -0.1) is 0 Å². The third kappa shape index (κ3) is 2.76. The molecule has 32 heavy (non-hydrogen) atoms. The molecule has 1 aromatic heterocycles. The number of carbonyl (C=O) groups excluding carboxylic acids is 2. The molecule has 2 atom stereocenters. The Hall–Kier alpha value is -3.93. The van der Waals surface area contributed by atoms with Crippen LogP contribution in [0.25, 0.3) is 10.9 Å². The molecule has 5 nitrogen and oxygen atoms in total. The Morgan fingerprint density at radius 1 is 1.03 bits per heavy atom. The SMILES string of the molecule is O=C(NCc1ccc(F)cc1)[C@@H]1Cc2c([nH]c3ccccc23)C2c3ccccc3C(=O)N21. The summed E-state index contributed by atoms with van der Waals surface area (Å²) < 4.78 is 13.2. The lowest BCUT2D eigenvalue weighted by molar-refractivity contribution is -0.126. The van der Waals surface area contributed by atoms with Crippen molar-refractivity contribution in [3.63, 3.8) is 0 Å². The van der Waals surface area contributed by atoms with E-state index in [9.17, 15) is 14.0 Å². The Kier molecular flexibility index (Phi) is 4.15. The molecule has 158 valence electrons. The first-order valence-corrected chi connectivity index (χ1v) is 10.6. The molecule has 3 aromatic carbocycles. The first kappa shape index (κ1) is 18.8. The van der Waals surface area contributed by atoms with E-state index in [0.29, 0.717) is 12.0 Å². The zero-order chi connectivity index (χ0) is 21.8. The van der Waals surface area contributed by atoms with E-state index in [4.69, 9.17) is 0 Å². The Morgan fingerprint density at radius 3 is 2.62 bits per heavy atom. The fourth-order valence-corrected chi connectivity index (χ4v) is 5.05. The number of benzene rings is 3. The van der Waals surface area contributed by atoms with E-state index in [2.05, 4.69) is 16.4 Å². The predicted octanol–water partition coefficient (Wildman–Crippen LogP) is 4.09. The van der Waals surface area contributed by atoms with Crippen molar-refractivity contribution in [2.75, 3.05) is 0 Å². The fourth-order valence-electron chi connectivity index (χ4n) is 5.05. The summed E-state index contributed by atoms with van der Waals surface area (Å²) >= 11 is 0. The number of aromatic nitrogens is 1. The highest BCUT2D eigenvalue weighted by Gasteiger charge is 2.48. The molecule has 2 N–H and O–H groups in total. The van der Waals surface area contributed by atoms with Crippen LogP contribution in [-0.2, 0) is 17.8 Å².